The lowest BCUT2D eigenvalue weighted by atomic mass is 9.82. The van der Waals surface area contributed by atoms with Crippen molar-refractivity contribution in [1.29, 1.82) is 5.26 Å². The van der Waals surface area contributed by atoms with Gasteiger partial charge in [-0.3, -0.25) is 0 Å². The summed E-state index contributed by atoms with van der Waals surface area (Å²) in [5, 5.41) is 9.10. The molecule has 0 radical (unpaired) electrons. The van der Waals surface area contributed by atoms with Gasteiger partial charge in [0.25, 0.3) is 0 Å². The van der Waals surface area contributed by atoms with Crippen LogP contribution in [0.3, 0.4) is 0 Å². The Hall–Kier alpha value is -0.550. The van der Waals surface area contributed by atoms with Crippen LogP contribution in [-0.4, -0.2) is 24.5 Å². The first-order chi connectivity index (χ1) is 9.20. The van der Waals surface area contributed by atoms with Gasteiger partial charge in [0.05, 0.1) is 11.5 Å². The molecule has 0 bridgehead atoms. The van der Waals surface area contributed by atoms with Crippen molar-refractivity contribution < 1.29 is 0 Å². The van der Waals surface area contributed by atoms with E-state index in [2.05, 4.69) is 24.8 Å². The Labute approximate surface area is 120 Å². The first-order valence-electron chi connectivity index (χ1n) is 8.34. The molecule has 0 saturated carbocycles. The molecule has 1 rings (SSSR count). The van der Waals surface area contributed by atoms with Gasteiger partial charge in [0.1, 0.15) is 0 Å². The summed E-state index contributed by atoms with van der Waals surface area (Å²) in [6.45, 7) is 7.88. The third kappa shape index (κ3) is 6.97. The molecule has 1 heterocycles. The lowest BCUT2D eigenvalue weighted by molar-refractivity contribution is 0.154. The lowest BCUT2D eigenvalue weighted by Crippen LogP contribution is -2.38. The standard InChI is InChI=1S/C17H32N2/c1-3-4-5-6-7-8-9-10-13-19-14-11-17(2,16-18)12-15-19/h3-15H2,1-2H3. The number of nitriles is 1. The van der Waals surface area contributed by atoms with Crippen LogP contribution < -0.4 is 0 Å². The summed E-state index contributed by atoms with van der Waals surface area (Å²) in [7, 11) is 0. The second-order valence-corrected chi connectivity index (χ2v) is 6.49. The van der Waals surface area contributed by atoms with Gasteiger partial charge in [0, 0.05) is 0 Å². The largest absolute Gasteiger partial charge is 0.303 e. The van der Waals surface area contributed by atoms with Gasteiger partial charge in [-0.25, -0.2) is 0 Å². The molecule has 0 aromatic carbocycles. The summed E-state index contributed by atoms with van der Waals surface area (Å²) in [5.41, 5.74) is -0.0459. The van der Waals surface area contributed by atoms with E-state index in [1.165, 1.54) is 57.9 Å². The minimum atomic E-state index is -0.0459. The molecule has 2 nitrogen and oxygen atoms in total. The smallest absolute Gasteiger partial charge is 0.0687 e. The fourth-order valence-corrected chi connectivity index (χ4v) is 2.85. The molecular weight excluding hydrogens is 232 g/mol. The van der Waals surface area contributed by atoms with Gasteiger partial charge in [-0.15, -0.1) is 0 Å². The fourth-order valence-electron chi connectivity index (χ4n) is 2.85. The molecule has 0 atom stereocenters. The summed E-state index contributed by atoms with van der Waals surface area (Å²) in [6, 6.07) is 2.47. The first-order valence-corrected chi connectivity index (χ1v) is 8.34. The summed E-state index contributed by atoms with van der Waals surface area (Å²) in [6.07, 6.45) is 13.3. The Kier molecular flexibility index (Phi) is 8.14. The SMILES string of the molecule is CCCCCCCCCCN1CCC(C)(C#N)CC1. The second-order valence-electron chi connectivity index (χ2n) is 6.49. The zero-order chi connectivity index (χ0) is 14.0. The average molecular weight is 264 g/mol. The molecule has 1 saturated heterocycles. The highest BCUT2D eigenvalue weighted by molar-refractivity contribution is 4.98. The number of unbranched alkanes of at least 4 members (excludes halogenated alkanes) is 7. The second kappa shape index (κ2) is 9.37. The molecule has 110 valence electrons. The molecule has 0 aliphatic carbocycles. The minimum Gasteiger partial charge on any atom is -0.303 e. The highest BCUT2D eigenvalue weighted by Crippen LogP contribution is 2.29. The van der Waals surface area contributed by atoms with E-state index in [9.17, 15) is 0 Å². The van der Waals surface area contributed by atoms with Crippen LogP contribution in [0.1, 0.15) is 78.1 Å². The zero-order valence-corrected chi connectivity index (χ0v) is 13.1. The third-order valence-electron chi connectivity index (χ3n) is 4.56. The molecule has 0 N–H and O–H groups in total. The summed E-state index contributed by atoms with van der Waals surface area (Å²) in [4.78, 5) is 2.55. The van der Waals surface area contributed by atoms with Crippen molar-refractivity contribution in [2.75, 3.05) is 19.6 Å². The van der Waals surface area contributed by atoms with Crippen molar-refractivity contribution in [2.45, 2.75) is 78.1 Å². The van der Waals surface area contributed by atoms with Crippen LogP contribution >= 0.6 is 0 Å². The molecule has 0 spiro atoms. The maximum atomic E-state index is 9.10. The molecule has 1 aliphatic heterocycles. The molecule has 0 amide bonds. The van der Waals surface area contributed by atoms with Gasteiger partial charge in [0.15, 0.2) is 0 Å². The van der Waals surface area contributed by atoms with Gasteiger partial charge in [-0.05, 0) is 45.8 Å². The average Bonchev–Trinajstić information content (AvgIpc) is 2.44. The Balaban J connectivity index is 1.93. The Bertz CT molecular complexity index is 259. The van der Waals surface area contributed by atoms with E-state index in [0.717, 1.165) is 25.9 Å². The van der Waals surface area contributed by atoms with Gasteiger partial charge in [0.2, 0.25) is 0 Å². The van der Waals surface area contributed by atoms with E-state index in [4.69, 9.17) is 5.26 Å². The van der Waals surface area contributed by atoms with Crippen molar-refractivity contribution in [2.24, 2.45) is 5.41 Å². The molecule has 1 fully saturated rings. The van der Waals surface area contributed by atoms with E-state index < -0.39 is 0 Å². The fraction of sp³-hybridized carbons (Fsp3) is 0.941. The topological polar surface area (TPSA) is 27.0 Å². The zero-order valence-electron chi connectivity index (χ0n) is 13.1. The summed E-state index contributed by atoms with van der Waals surface area (Å²) >= 11 is 0. The maximum Gasteiger partial charge on any atom is 0.0687 e. The van der Waals surface area contributed by atoms with Crippen LogP contribution in [0.25, 0.3) is 0 Å². The van der Waals surface area contributed by atoms with E-state index >= 15 is 0 Å². The number of nitrogens with zero attached hydrogens (tertiary/aromatic N) is 2. The van der Waals surface area contributed by atoms with Crippen molar-refractivity contribution in [1.82, 2.24) is 4.90 Å². The molecule has 0 aromatic heterocycles. The molecular formula is C17H32N2. The molecule has 1 aliphatic rings. The quantitative estimate of drug-likeness (QED) is 0.562. The van der Waals surface area contributed by atoms with E-state index in [0.29, 0.717) is 0 Å². The Morgan fingerprint density at radius 3 is 2.00 bits per heavy atom. The molecule has 0 unspecified atom stereocenters. The van der Waals surface area contributed by atoms with Crippen molar-refractivity contribution in [3.63, 3.8) is 0 Å². The lowest BCUT2D eigenvalue weighted by Gasteiger charge is -2.34. The van der Waals surface area contributed by atoms with E-state index in [-0.39, 0.29) is 5.41 Å². The maximum absolute atomic E-state index is 9.10. The van der Waals surface area contributed by atoms with Crippen molar-refractivity contribution in [3.8, 4) is 6.07 Å². The van der Waals surface area contributed by atoms with Gasteiger partial charge in [-0.2, -0.15) is 5.26 Å². The Morgan fingerprint density at radius 2 is 1.47 bits per heavy atom. The normalized spacial score (nSPS) is 19.2. The van der Waals surface area contributed by atoms with Crippen LogP contribution in [-0.2, 0) is 0 Å². The first kappa shape index (κ1) is 16.5. The summed E-state index contributed by atoms with van der Waals surface area (Å²) in [5.74, 6) is 0. The third-order valence-corrected chi connectivity index (χ3v) is 4.56. The Morgan fingerprint density at radius 1 is 0.947 bits per heavy atom. The van der Waals surface area contributed by atoms with Gasteiger partial charge < -0.3 is 4.90 Å². The predicted molar refractivity (Wildman–Crippen MR) is 82.0 cm³/mol. The van der Waals surface area contributed by atoms with Crippen molar-refractivity contribution in [3.05, 3.63) is 0 Å². The monoisotopic (exact) mass is 264 g/mol. The minimum absolute atomic E-state index is 0.0459. The van der Waals surface area contributed by atoms with Crippen LogP contribution in [0.15, 0.2) is 0 Å². The van der Waals surface area contributed by atoms with Crippen LogP contribution in [0.4, 0.5) is 0 Å². The molecule has 0 aromatic rings. The van der Waals surface area contributed by atoms with Crippen LogP contribution in [0, 0.1) is 16.7 Å². The number of likely N-dealkylation sites (tertiary alicyclic amines) is 1. The van der Waals surface area contributed by atoms with Crippen LogP contribution in [0.5, 0.6) is 0 Å². The van der Waals surface area contributed by atoms with E-state index in [1.807, 2.05) is 0 Å². The van der Waals surface area contributed by atoms with Crippen LogP contribution in [0.2, 0.25) is 0 Å². The summed E-state index contributed by atoms with van der Waals surface area (Å²) < 4.78 is 0. The van der Waals surface area contributed by atoms with Gasteiger partial charge >= 0.3 is 0 Å². The predicted octanol–water partition coefficient (Wildman–Crippen LogP) is 4.75. The number of hydrogen-bond acceptors (Lipinski definition) is 2. The number of rotatable bonds is 9. The van der Waals surface area contributed by atoms with E-state index in [1.54, 1.807) is 0 Å². The van der Waals surface area contributed by atoms with Gasteiger partial charge in [-0.1, -0.05) is 51.9 Å². The number of hydrogen-bond donors (Lipinski definition) is 0. The number of piperidine rings is 1. The molecule has 2 heteroatoms. The highest BCUT2D eigenvalue weighted by atomic mass is 15.1. The highest BCUT2D eigenvalue weighted by Gasteiger charge is 2.29. The molecule has 19 heavy (non-hydrogen) atoms. The van der Waals surface area contributed by atoms with Crippen molar-refractivity contribution >= 4 is 0 Å².